The Morgan fingerprint density at radius 3 is 2.23 bits per heavy atom. The molecule has 1 saturated heterocycles. The summed E-state index contributed by atoms with van der Waals surface area (Å²) in [5.74, 6) is -0.972. The normalized spacial score (nSPS) is 18.3. The molecule has 0 radical (unpaired) electrons. The van der Waals surface area contributed by atoms with Gasteiger partial charge < -0.3 is 10.2 Å². The summed E-state index contributed by atoms with van der Waals surface area (Å²) in [5, 5.41) is 4.70. The zero-order valence-corrected chi connectivity index (χ0v) is 20.8. The van der Waals surface area contributed by atoms with Crippen LogP contribution in [0.25, 0.3) is 10.8 Å². The van der Waals surface area contributed by atoms with Gasteiger partial charge in [0.25, 0.3) is 5.91 Å². The van der Waals surface area contributed by atoms with E-state index in [0.29, 0.717) is 11.3 Å². The Labute approximate surface area is 204 Å². The second-order valence-electron chi connectivity index (χ2n) is 9.13. The van der Waals surface area contributed by atoms with Crippen LogP contribution in [-0.2, 0) is 25.0 Å². The Morgan fingerprint density at radius 2 is 1.63 bits per heavy atom. The lowest BCUT2D eigenvalue weighted by molar-refractivity contribution is -0.134. The third kappa shape index (κ3) is 4.51. The van der Waals surface area contributed by atoms with Crippen LogP contribution in [0.5, 0.6) is 0 Å². The van der Waals surface area contributed by atoms with Crippen molar-refractivity contribution in [1.29, 1.82) is 0 Å². The highest BCUT2D eigenvalue weighted by atomic mass is 32.2. The Morgan fingerprint density at radius 1 is 1.00 bits per heavy atom. The molecule has 1 N–H and O–H groups in total. The zero-order valence-electron chi connectivity index (χ0n) is 20.0. The first kappa shape index (κ1) is 24.4. The van der Waals surface area contributed by atoms with E-state index in [1.165, 1.54) is 17.0 Å². The maximum Gasteiger partial charge on any atom is 0.325 e. The standard InChI is InChI=1S/C26H27N3O5S/c1-17(2)29(21-11-13-22(14-12-21)35(4,33)34)23(30)16-28-24(31)26(3,27-25(28)32)20-10-9-18-7-5-6-8-19(18)15-20/h5-15,17H,16H2,1-4H3,(H,27,32). The molecule has 0 aliphatic carbocycles. The summed E-state index contributed by atoms with van der Waals surface area (Å²) in [6.45, 7) is 4.78. The molecule has 35 heavy (non-hydrogen) atoms. The van der Waals surface area contributed by atoms with Crippen LogP contribution in [0, 0.1) is 0 Å². The lowest BCUT2D eigenvalue weighted by Gasteiger charge is -2.29. The lowest BCUT2D eigenvalue weighted by Crippen LogP contribution is -2.46. The molecule has 0 spiro atoms. The number of carbonyl (C=O) groups excluding carboxylic acids is 3. The molecule has 182 valence electrons. The molecule has 1 aliphatic rings. The number of fused-ring (bicyclic) bond motifs is 1. The Kier molecular flexibility index (Phi) is 6.14. The van der Waals surface area contributed by atoms with Crippen LogP contribution in [0.3, 0.4) is 0 Å². The van der Waals surface area contributed by atoms with E-state index in [1.807, 2.05) is 36.4 Å². The molecule has 3 aromatic carbocycles. The third-order valence-electron chi connectivity index (χ3n) is 6.22. The van der Waals surface area contributed by atoms with Gasteiger partial charge >= 0.3 is 6.03 Å². The second kappa shape index (κ2) is 8.81. The number of imide groups is 1. The van der Waals surface area contributed by atoms with Crippen molar-refractivity contribution in [3.63, 3.8) is 0 Å². The van der Waals surface area contributed by atoms with Crippen LogP contribution in [0.15, 0.2) is 71.6 Å². The third-order valence-corrected chi connectivity index (χ3v) is 7.35. The highest BCUT2D eigenvalue weighted by Gasteiger charge is 2.50. The SMILES string of the molecule is CC(C)N(C(=O)CN1C(=O)NC(C)(c2ccc3ccccc3c2)C1=O)c1ccc(S(C)(=O)=O)cc1. The molecular weight excluding hydrogens is 466 g/mol. The number of anilines is 1. The van der Waals surface area contributed by atoms with Gasteiger partial charge in [-0.3, -0.25) is 14.5 Å². The van der Waals surface area contributed by atoms with Gasteiger partial charge in [-0.05, 0) is 67.4 Å². The van der Waals surface area contributed by atoms with Crippen LogP contribution in [-0.4, -0.2) is 50.0 Å². The summed E-state index contributed by atoms with van der Waals surface area (Å²) in [6.07, 6.45) is 1.11. The van der Waals surface area contributed by atoms with Crippen molar-refractivity contribution in [2.24, 2.45) is 0 Å². The maximum absolute atomic E-state index is 13.4. The predicted octanol–water partition coefficient (Wildman–Crippen LogP) is 3.45. The molecule has 3 aromatic rings. The minimum atomic E-state index is -3.38. The largest absolute Gasteiger partial charge is 0.325 e. The molecule has 0 bridgehead atoms. The molecule has 1 heterocycles. The first-order valence-electron chi connectivity index (χ1n) is 11.2. The Hall–Kier alpha value is -3.72. The fourth-order valence-electron chi connectivity index (χ4n) is 4.33. The minimum absolute atomic E-state index is 0.137. The van der Waals surface area contributed by atoms with Gasteiger partial charge in [-0.15, -0.1) is 0 Å². The summed E-state index contributed by atoms with van der Waals surface area (Å²) in [4.78, 5) is 42.0. The maximum atomic E-state index is 13.4. The van der Waals surface area contributed by atoms with Gasteiger partial charge in [0.1, 0.15) is 12.1 Å². The molecular formula is C26H27N3O5S. The van der Waals surface area contributed by atoms with Gasteiger partial charge in [0, 0.05) is 18.0 Å². The van der Waals surface area contributed by atoms with Gasteiger partial charge in [0.2, 0.25) is 5.91 Å². The first-order valence-corrected chi connectivity index (χ1v) is 13.1. The molecule has 1 fully saturated rings. The molecule has 0 aromatic heterocycles. The summed E-state index contributed by atoms with van der Waals surface area (Å²) >= 11 is 0. The van der Waals surface area contributed by atoms with Crippen LogP contribution in [0.1, 0.15) is 26.3 Å². The highest BCUT2D eigenvalue weighted by molar-refractivity contribution is 7.90. The van der Waals surface area contributed by atoms with Crippen molar-refractivity contribution in [1.82, 2.24) is 10.2 Å². The van der Waals surface area contributed by atoms with Crippen LogP contribution in [0.4, 0.5) is 10.5 Å². The van der Waals surface area contributed by atoms with E-state index in [0.717, 1.165) is 21.9 Å². The average molecular weight is 494 g/mol. The van der Waals surface area contributed by atoms with Crippen LogP contribution >= 0.6 is 0 Å². The topological polar surface area (TPSA) is 104 Å². The van der Waals surface area contributed by atoms with Gasteiger partial charge in [-0.25, -0.2) is 13.2 Å². The molecule has 9 heteroatoms. The average Bonchev–Trinajstić information content (AvgIpc) is 3.02. The van der Waals surface area contributed by atoms with Crippen molar-refractivity contribution >= 4 is 44.1 Å². The van der Waals surface area contributed by atoms with Crippen molar-refractivity contribution in [3.05, 3.63) is 72.3 Å². The zero-order chi connectivity index (χ0) is 25.5. The number of amides is 4. The Balaban J connectivity index is 1.59. The number of urea groups is 1. The van der Waals surface area contributed by atoms with E-state index in [1.54, 1.807) is 39.0 Å². The van der Waals surface area contributed by atoms with Crippen molar-refractivity contribution in [2.45, 2.75) is 37.2 Å². The smallest absolute Gasteiger partial charge is 0.319 e. The van der Waals surface area contributed by atoms with E-state index in [4.69, 9.17) is 0 Å². The Bertz CT molecular complexity index is 1430. The van der Waals surface area contributed by atoms with Gasteiger partial charge in [-0.2, -0.15) is 0 Å². The summed E-state index contributed by atoms with van der Waals surface area (Å²) in [6, 6.07) is 18.3. The number of sulfone groups is 1. The molecule has 1 aliphatic heterocycles. The van der Waals surface area contributed by atoms with Gasteiger partial charge in [0.05, 0.1) is 4.90 Å². The molecule has 1 unspecified atom stereocenters. The van der Waals surface area contributed by atoms with Crippen LogP contribution in [0.2, 0.25) is 0 Å². The van der Waals surface area contributed by atoms with E-state index in [2.05, 4.69) is 5.32 Å². The predicted molar refractivity (Wildman–Crippen MR) is 134 cm³/mol. The number of carbonyl (C=O) groups is 3. The quantitative estimate of drug-likeness (QED) is 0.530. The monoisotopic (exact) mass is 493 g/mol. The fourth-order valence-corrected chi connectivity index (χ4v) is 4.96. The molecule has 4 amide bonds. The second-order valence-corrected chi connectivity index (χ2v) is 11.1. The van der Waals surface area contributed by atoms with Gasteiger partial charge in [-0.1, -0.05) is 36.4 Å². The first-order chi connectivity index (χ1) is 16.4. The lowest BCUT2D eigenvalue weighted by atomic mass is 9.90. The number of nitrogens with one attached hydrogen (secondary N) is 1. The number of benzene rings is 3. The van der Waals surface area contributed by atoms with E-state index in [9.17, 15) is 22.8 Å². The molecule has 0 saturated carbocycles. The van der Waals surface area contributed by atoms with Crippen molar-refractivity contribution < 1.29 is 22.8 Å². The summed E-state index contributed by atoms with van der Waals surface area (Å²) < 4.78 is 23.5. The van der Waals surface area contributed by atoms with E-state index in [-0.39, 0.29) is 10.9 Å². The molecule has 8 nitrogen and oxygen atoms in total. The summed E-state index contributed by atoms with van der Waals surface area (Å²) in [5.41, 5.74) is -0.204. The number of hydrogen-bond acceptors (Lipinski definition) is 5. The van der Waals surface area contributed by atoms with E-state index < -0.39 is 39.8 Å². The summed E-state index contributed by atoms with van der Waals surface area (Å²) in [7, 11) is -3.38. The van der Waals surface area contributed by atoms with Crippen LogP contribution < -0.4 is 10.2 Å². The highest BCUT2D eigenvalue weighted by Crippen LogP contribution is 2.31. The molecule has 4 rings (SSSR count). The van der Waals surface area contributed by atoms with Gasteiger partial charge in [0.15, 0.2) is 9.84 Å². The van der Waals surface area contributed by atoms with Crippen molar-refractivity contribution in [2.75, 3.05) is 17.7 Å². The van der Waals surface area contributed by atoms with E-state index >= 15 is 0 Å². The minimum Gasteiger partial charge on any atom is -0.319 e. The number of nitrogens with zero attached hydrogens (tertiary/aromatic N) is 2. The number of hydrogen-bond donors (Lipinski definition) is 1. The number of rotatable bonds is 6. The van der Waals surface area contributed by atoms with Crippen molar-refractivity contribution in [3.8, 4) is 0 Å². The fraction of sp³-hybridized carbons (Fsp3) is 0.269. The molecule has 1 atom stereocenters.